The Balaban J connectivity index is 0.000000980. The molecule has 0 bridgehead atoms. The second-order valence-electron chi connectivity index (χ2n) is 2.76. The van der Waals surface area contributed by atoms with Crippen LogP contribution in [0.5, 0.6) is 0 Å². The number of hydrogen-bond acceptors (Lipinski definition) is 5. The quantitative estimate of drug-likeness (QED) is 0.375. The largest absolute Gasteiger partial charge is 1.00 e. The number of β-lactam (4-membered cyclic amide) rings is 1. The first-order valence-corrected chi connectivity index (χ1v) is 4.57. The molecule has 0 aromatic rings. The Morgan fingerprint density at radius 3 is 2.79 bits per heavy atom. The molecule has 0 spiro atoms. The van der Waals surface area contributed by atoms with E-state index in [0.717, 1.165) is 0 Å². The number of amides is 1. The number of carboxylic acid groups (broad SMARTS) is 1. The van der Waals surface area contributed by atoms with E-state index in [2.05, 4.69) is 0 Å². The fraction of sp³-hybridized carbons (Fsp3) is 0.429. The minimum atomic E-state index is -1.40. The average Bonchev–Trinajstić information content (AvgIpc) is 2.37. The van der Waals surface area contributed by atoms with E-state index in [9.17, 15) is 14.7 Å². The van der Waals surface area contributed by atoms with Crippen molar-refractivity contribution in [1.82, 2.24) is 4.90 Å². The van der Waals surface area contributed by atoms with E-state index in [0.29, 0.717) is 11.3 Å². The molecule has 0 aromatic carbocycles. The number of rotatable bonds is 2. The maximum absolute atomic E-state index is 11.0. The SMILES string of the molecule is O=C([O-])C1=C(CO)S[C@H]2CC(=O)N12.[Na+]. The Morgan fingerprint density at radius 2 is 2.36 bits per heavy atom. The third-order valence-electron chi connectivity index (χ3n) is 2.03. The molecule has 0 radical (unpaired) electrons. The first-order chi connectivity index (χ1) is 6.15. The summed E-state index contributed by atoms with van der Waals surface area (Å²) in [6, 6.07) is 0. The molecule has 2 heterocycles. The van der Waals surface area contributed by atoms with Gasteiger partial charge in [-0.25, -0.2) is 0 Å². The second kappa shape index (κ2) is 4.24. The molecule has 7 heteroatoms. The van der Waals surface area contributed by atoms with Gasteiger partial charge in [-0.2, -0.15) is 0 Å². The van der Waals surface area contributed by atoms with E-state index in [1.165, 1.54) is 16.7 Å². The number of fused-ring (bicyclic) bond motifs is 1. The van der Waals surface area contributed by atoms with Crippen LogP contribution in [-0.4, -0.2) is 33.9 Å². The van der Waals surface area contributed by atoms with Crippen LogP contribution in [0.3, 0.4) is 0 Å². The van der Waals surface area contributed by atoms with Gasteiger partial charge in [0, 0.05) is 4.91 Å². The monoisotopic (exact) mass is 223 g/mol. The van der Waals surface area contributed by atoms with Crippen LogP contribution < -0.4 is 34.7 Å². The Bertz CT molecular complexity index is 330. The zero-order chi connectivity index (χ0) is 9.59. The van der Waals surface area contributed by atoms with Crippen molar-refractivity contribution in [2.24, 2.45) is 0 Å². The molecule has 0 aromatic heterocycles. The second-order valence-corrected chi connectivity index (χ2v) is 4.03. The molecule has 1 N–H and O–H groups in total. The fourth-order valence-corrected chi connectivity index (χ4v) is 2.68. The maximum atomic E-state index is 11.0. The summed E-state index contributed by atoms with van der Waals surface area (Å²) in [7, 11) is 0. The Kier molecular flexibility index (Phi) is 3.65. The van der Waals surface area contributed by atoms with Crippen molar-refractivity contribution in [3.63, 3.8) is 0 Å². The van der Waals surface area contributed by atoms with Crippen LogP contribution in [-0.2, 0) is 9.59 Å². The number of thioether (sulfide) groups is 1. The summed E-state index contributed by atoms with van der Waals surface area (Å²) in [5, 5.41) is 19.3. The standard InChI is InChI=1S/C7H7NO4S.Na/c9-2-3-6(7(11)12)8-4(10)1-5(8)13-3;/h5,9H,1-2H2,(H,11,12);/q;+1/p-1/t5-;/m0./s1. The number of hydrogen-bond donors (Lipinski definition) is 1. The van der Waals surface area contributed by atoms with Crippen LogP contribution in [0.15, 0.2) is 10.6 Å². The van der Waals surface area contributed by atoms with E-state index in [1.807, 2.05) is 0 Å². The third kappa shape index (κ3) is 1.61. The number of aliphatic hydroxyl groups excluding tert-OH is 1. The summed E-state index contributed by atoms with van der Waals surface area (Å²) in [5.41, 5.74) is -0.159. The molecule has 0 saturated carbocycles. The van der Waals surface area contributed by atoms with Crippen molar-refractivity contribution in [2.45, 2.75) is 11.8 Å². The number of carbonyl (C=O) groups excluding carboxylic acids is 2. The number of aliphatic carboxylic acids is 1. The van der Waals surface area contributed by atoms with E-state index in [-0.39, 0.29) is 53.1 Å². The van der Waals surface area contributed by atoms with Crippen molar-refractivity contribution in [1.29, 1.82) is 0 Å². The number of carbonyl (C=O) groups is 2. The zero-order valence-electron chi connectivity index (χ0n) is 7.52. The minimum absolute atomic E-state index is 0. The molecule has 2 aliphatic heterocycles. The van der Waals surface area contributed by atoms with E-state index >= 15 is 0 Å². The molecular formula is C7H6NNaO4S. The summed E-state index contributed by atoms with van der Waals surface area (Å²) in [6.07, 6.45) is 0.338. The van der Waals surface area contributed by atoms with Crippen LogP contribution in [0.2, 0.25) is 0 Å². The molecule has 2 rings (SSSR count). The molecule has 1 amide bonds. The molecule has 1 fully saturated rings. The first-order valence-electron chi connectivity index (χ1n) is 3.69. The average molecular weight is 223 g/mol. The number of nitrogens with zero attached hydrogens (tertiary/aromatic N) is 1. The van der Waals surface area contributed by atoms with Gasteiger partial charge in [-0.1, -0.05) is 11.8 Å². The van der Waals surface area contributed by atoms with Gasteiger partial charge < -0.3 is 15.0 Å². The topological polar surface area (TPSA) is 80.7 Å². The summed E-state index contributed by atoms with van der Waals surface area (Å²) >= 11 is 1.21. The Hall–Kier alpha value is -0.0100. The molecule has 14 heavy (non-hydrogen) atoms. The van der Waals surface area contributed by atoms with Gasteiger partial charge in [-0.05, 0) is 0 Å². The van der Waals surface area contributed by atoms with Crippen molar-refractivity contribution < 1.29 is 49.4 Å². The maximum Gasteiger partial charge on any atom is 1.00 e. The molecule has 70 valence electrons. The van der Waals surface area contributed by atoms with Crippen molar-refractivity contribution >= 4 is 23.6 Å². The molecule has 0 aliphatic carbocycles. The van der Waals surface area contributed by atoms with Crippen molar-refractivity contribution in [3.05, 3.63) is 10.6 Å². The fourth-order valence-electron chi connectivity index (χ4n) is 1.43. The van der Waals surface area contributed by atoms with Crippen LogP contribution in [0.25, 0.3) is 0 Å². The normalized spacial score (nSPS) is 24.2. The van der Waals surface area contributed by atoms with E-state index in [4.69, 9.17) is 5.11 Å². The van der Waals surface area contributed by atoms with Gasteiger partial charge in [0.15, 0.2) is 0 Å². The van der Waals surface area contributed by atoms with Crippen LogP contribution in [0.4, 0.5) is 0 Å². The number of aliphatic hydroxyl groups is 1. The zero-order valence-corrected chi connectivity index (χ0v) is 10.3. The van der Waals surface area contributed by atoms with Crippen LogP contribution >= 0.6 is 11.8 Å². The van der Waals surface area contributed by atoms with Crippen molar-refractivity contribution in [3.8, 4) is 0 Å². The molecular weight excluding hydrogens is 217 g/mol. The van der Waals surface area contributed by atoms with Gasteiger partial charge in [0.1, 0.15) is 0 Å². The van der Waals surface area contributed by atoms with Gasteiger partial charge in [-0.3, -0.25) is 9.69 Å². The third-order valence-corrected chi connectivity index (χ3v) is 3.28. The number of carboxylic acids is 1. The molecule has 2 aliphatic rings. The smallest absolute Gasteiger partial charge is 0.543 e. The molecule has 0 unspecified atom stereocenters. The van der Waals surface area contributed by atoms with Crippen LogP contribution in [0.1, 0.15) is 6.42 Å². The van der Waals surface area contributed by atoms with Gasteiger partial charge in [0.2, 0.25) is 5.91 Å². The van der Waals surface area contributed by atoms with E-state index in [1.54, 1.807) is 0 Å². The van der Waals surface area contributed by atoms with Gasteiger partial charge >= 0.3 is 29.6 Å². The van der Waals surface area contributed by atoms with Gasteiger partial charge in [-0.15, -0.1) is 0 Å². The summed E-state index contributed by atoms with van der Waals surface area (Å²) in [6.45, 7) is -0.353. The Morgan fingerprint density at radius 1 is 1.71 bits per heavy atom. The summed E-state index contributed by atoms with van der Waals surface area (Å²) in [5.74, 6) is -1.62. The summed E-state index contributed by atoms with van der Waals surface area (Å²) < 4.78 is 0. The predicted molar refractivity (Wildman–Crippen MR) is 42.0 cm³/mol. The van der Waals surface area contributed by atoms with E-state index < -0.39 is 5.97 Å². The van der Waals surface area contributed by atoms with Crippen molar-refractivity contribution in [2.75, 3.05) is 6.61 Å². The van der Waals surface area contributed by atoms with Gasteiger partial charge in [0.05, 0.1) is 30.1 Å². The minimum Gasteiger partial charge on any atom is -0.543 e. The van der Waals surface area contributed by atoms with Crippen LogP contribution in [0, 0.1) is 0 Å². The molecule has 1 saturated heterocycles. The molecule has 5 nitrogen and oxygen atoms in total. The summed E-state index contributed by atoms with van der Waals surface area (Å²) in [4.78, 5) is 23.1. The Labute approximate surface area is 106 Å². The first kappa shape index (κ1) is 12.1. The predicted octanol–water partition coefficient (Wildman–Crippen LogP) is -4.75. The molecule has 1 atom stereocenters. The van der Waals surface area contributed by atoms with Gasteiger partial charge in [0.25, 0.3) is 0 Å².